The van der Waals surface area contributed by atoms with E-state index in [1.807, 2.05) is 0 Å². The largest absolute Gasteiger partial charge is 0.387 e. The van der Waals surface area contributed by atoms with E-state index < -0.39 is 6.10 Å². The molecular formula is C19H28FNO2. The van der Waals surface area contributed by atoms with E-state index in [-0.39, 0.29) is 24.3 Å². The monoisotopic (exact) mass is 322 g/mol. The highest BCUT2D eigenvalue weighted by Crippen LogP contribution is 2.33. The molecule has 1 saturated carbocycles. The zero-order valence-corrected chi connectivity index (χ0v) is 13.7. The molecule has 1 aliphatic carbocycles. The molecule has 4 atom stereocenters. The summed E-state index contributed by atoms with van der Waals surface area (Å²) >= 11 is 0. The summed E-state index contributed by atoms with van der Waals surface area (Å²) in [6.07, 6.45) is 5.11. The average Bonchev–Trinajstić information content (AvgIpc) is 3.11. The number of methoxy groups -OCH3 is 1. The SMILES string of the molecule is [2H]C(C1CCC(OC)CC1)[C@@H]1CC[C@H]([C@H](O)c2ccccc2F)N1. The van der Waals surface area contributed by atoms with E-state index in [1.54, 1.807) is 25.3 Å². The Morgan fingerprint density at radius 1 is 1.26 bits per heavy atom. The Labute approximate surface area is 139 Å². The number of ether oxygens (including phenoxy) is 1. The molecule has 1 aromatic rings. The molecule has 1 heterocycles. The van der Waals surface area contributed by atoms with E-state index in [9.17, 15) is 9.50 Å². The lowest BCUT2D eigenvalue weighted by molar-refractivity contribution is 0.0538. The fourth-order valence-electron chi connectivity index (χ4n) is 3.98. The van der Waals surface area contributed by atoms with Crippen LogP contribution in [0.25, 0.3) is 0 Å². The summed E-state index contributed by atoms with van der Waals surface area (Å²) in [5, 5.41) is 13.9. The minimum absolute atomic E-state index is 0.0838. The number of halogens is 1. The maximum Gasteiger partial charge on any atom is 0.129 e. The number of hydrogen-bond donors (Lipinski definition) is 2. The molecule has 1 aliphatic heterocycles. The summed E-state index contributed by atoms with van der Waals surface area (Å²) in [6.45, 7) is 0. The molecule has 0 amide bonds. The third kappa shape index (κ3) is 4.11. The number of rotatable bonds is 5. The van der Waals surface area contributed by atoms with Crippen LogP contribution >= 0.6 is 0 Å². The van der Waals surface area contributed by atoms with Crippen molar-refractivity contribution in [2.24, 2.45) is 5.92 Å². The summed E-state index contributed by atoms with van der Waals surface area (Å²) in [6, 6.07) is 6.31. The van der Waals surface area contributed by atoms with Crippen molar-refractivity contribution in [1.29, 1.82) is 0 Å². The van der Waals surface area contributed by atoms with Gasteiger partial charge in [0.05, 0.1) is 12.2 Å². The van der Waals surface area contributed by atoms with Crippen LogP contribution in [0.3, 0.4) is 0 Å². The molecule has 2 aliphatic rings. The molecule has 0 aromatic heterocycles. The van der Waals surface area contributed by atoms with E-state index in [0.717, 1.165) is 38.5 Å². The van der Waals surface area contributed by atoms with Gasteiger partial charge in [-0.1, -0.05) is 18.2 Å². The van der Waals surface area contributed by atoms with Crippen molar-refractivity contribution in [2.75, 3.05) is 7.11 Å². The van der Waals surface area contributed by atoms with Gasteiger partial charge in [0.15, 0.2) is 0 Å². The molecule has 0 bridgehead atoms. The van der Waals surface area contributed by atoms with E-state index in [4.69, 9.17) is 6.11 Å². The molecule has 0 radical (unpaired) electrons. The average molecular weight is 322 g/mol. The Kier molecular flexibility index (Phi) is 5.23. The molecule has 3 nitrogen and oxygen atoms in total. The van der Waals surface area contributed by atoms with Gasteiger partial charge in [0.25, 0.3) is 0 Å². The standard InChI is InChI=1S/C19H28FNO2/c1-23-15-9-6-13(7-10-15)12-14-8-11-18(21-14)19(22)16-4-2-3-5-17(16)20/h2-5,13-15,18-19,21-22H,6-12H2,1H3/t13?,14-,15?,18+,19+/m0/s1/i12D/t12?,13?,14-,15?,18+,19+. The maximum absolute atomic E-state index is 13.9. The molecule has 0 spiro atoms. The Bertz CT molecular complexity index is 536. The van der Waals surface area contributed by atoms with Crippen molar-refractivity contribution in [3.63, 3.8) is 0 Å². The summed E-state index contributed by atoms with van der Waals surface area (Å²) in [5.41, 5.74) is 0.345. The number of benzene rings is 1. The molecule has 128 valence electrons. The third-order valence-electron chi connectivity index (χ3n) is 5.38. The summed E-state index contributed by atoms with van der Waals surface area (Å²) in [5.74, 6) is 0.0221. The van der Waals surface area contributed by atoms with Crippen LogP contribution in [0, 0.1) is 11.7 Å². The molecule has 1 saturated heterocycles. The van der Waals surface area contributed by atoms with E-state index in [2.05, 4.69) is 5.32 Å². The van der Waals surface area contributed by atoms with E-state index in [0.29, 0.717) is 17.6 Å². The van der Waals surface area contributed by atoms with Gasteiger partial charge in [0, 0.05) is 26.1 Å². The first-order chi connectivity index (χ1) is 11.6. The van der Waals surface area contributed by atoms with Gasteiger partial charge in [0.1, 0.15) is 5.82 Å². The first kappa shape index (κ1) is 15.6. The van der Waals surface area contributed by atoms with Gasteiger partial charge in [0.2, 0.25) is 0 Å². The molecule has 2 N–H and O–H groups in total. The molecule has 3 rings (SSSR count). The summed E-state index contributed by atoms with van der Waals surface area (Å²) < 4.78 is 27.9. The Morgan fingerprint density at radius 3 is 2.70 bits per heavy atom. The maximum atomic E-state index is 13.9. The van der Waals surface area contributed by atoms with Crippen LogP contribution in [0.15, 0.2) is 24.3 Å². The highest BCUT2D eigenvalue weighted by atomic mass is 19.1. The van der Waals surface area contributed by atoms with Gasteiger partial charge >= 0.3 is 0 Å². The third-order valence-corrected chi connectivity index (χ3v) is 5.38. The zero-order chi connectivity index (χ0) is 17.1. The quantitative estimate of drug-likeness (QED) is 0.871. The first-order valence-electron chi connectivity index (χ1n) is 9.31. The smallest absolute Gasteiger partial charge is 0.129 e. The first-order valence-corrected chi connectivity index (χ1v) is 8.73. The van der Waals surface area contributed by atoms with Gasteiger partial charge in [-0.2, -0.15) is 0 Å². The van der Waals surface area contributed by atoms with Gasteiger partial charge in [-0.25, -0.2) is 4.39 Å². The predicted molar refractivity (Wildman–Crippen MR) is 88.7 cm³/mol. The number of aliphatic hydroxyl groups is 1. The Hall–Kier alpha value is -0.970. The van der Waals surface area contributed by atoms with Crippen molar-refractivity contribution < 1.29 is 15.6 Å². The lowest BCUT2D eigenvalue weighted by Crippen LogP contribution is -2.36. The van der Waals surface area contributed by atoms with Crippen LogP contribution in [0.1, 0.15) is 58.0 Å². The van der Waals surface area contributed by atoms with Gasteiger partial charge in [-0.15, -0.1) is 0 Å². The van der Waals surface area contributed by atoms with Crippen molar-refractivity contribution in [3.05, 3.63) is 35.6 Å². The van der Waals surface area contributed by atoms with Crippen LogP contribution in [-0.4, -0.2) is 30.4 Å². The van der Waals surface area contributed by atoms with Gasteiger partial charge in [-0.3, -0.25) is 0 Å². The molecule has 2 fully saturated rings. The van der Waals surface area contributed by atoms with Crippen molar-refractivity contribution in [3.8, 4) is 0 Å². The highest BCUT2D eigenvalue weighted by molar-refractivity contribution is 5.21. The minimum Gasteiger partial charge on any atom is -0.387 e. The lowest BCUT2D eigenvalue weighted by atomic mass is 9.83. The Morgan fingerprint density at radius 2 is 2.00 bits per heavy atom. The van der Waals surface area contributed by atoms with E-state index in [1.165, 1.54) is 6.07 Å². The highest BCUT2D eigenvalue weighted by Gasteiger charge is 2.33. The number of aliphatic hydroxyl groups excluding tert-OH is 1. The van der Waals surface area contributed by atoms with Crippen LogP contribution in [-0.2, 0) is 4.74 Å². The van der Waals surface area contributed by atoms with Gasteiger partial charge in [-0.05, 0) is 56.9 Å². The summed E-state index contributed by atoms with van der Waals surface area (Å²) in [7, 11) is 1.76. The topological polar surface area (TPSA) is 41.5 Å². The second-order valence-electron chi connectivity index (χ2n) is 6.89. The van der Waals surface area contributed by atoms with Crippen molar-refractivity contribution in [2.45, 2.75) is 69.2 Å². The molecule has 4 heteroatoms. The second-order valence-corrected chi connectivity index (χ2v) is 6.89. The molecule has 1 unspecified atom stereocenters. The minimum atomic E-state index is -0.854. The molecule has 1 aromatic carbocycles. The number of hydrogen-bond acceptors (Lipinski definition) is 3. The Balaban J connectivity index is 1.56. The summed E-state index contributed by atoms with van der Waals surface area (Å²) in [4.78, 5) is 0. The molecular weight excluding hydrogens is 293 g/mol. The fraction of sp³-hybridized carbons (Fsp3) is 0.684. The van der Waals surface area contributed by atoms with Crippen molar-refractivity contribution >= 4 is 0 Å². The van der Waals surface area contributed by atoms with Crippen LogP contribution in [0.4, 0.5) is 4.39 Å². The van der Waals surface area contributed by atoms with Crippen LogP contribution in [0.2, 0.25) is 0 Å². The molecule has 23 heavy (non-hydrogen) atoms. The van der Waals surface area contributed by atoms with Gasteiger partial charge < -0.3 is 15.2 Å². The second kappa shape index (κ2) is 7.73. The van der Waals surface area contributed by atoms with Crippen LogP contribution < -0.4 is 5.32 Å². The fourth-order valence-corrected chi connectivity index (χ4v) is 3.98. The van der Waals surface area contributed by atoms with Crippen LogP contribution in [0.5, 0.6) is 0 Å². The normalized spacial score (nSPS) is 34.8. The zero-order valence-electron chi connectivity index (χ0n) is 14.7. The predicted octanol–water partition coefficient (Wildman–Crippen LogP) is 3.58. The van der Waals surface area contributed by atoms with E-state index >= 15 is 0 Å². The number of nitrogens with one attached hydrogen (secondary N) is 1. The van der Waals surface area contributed by atoms with Crippen molar-refractivity contribution in [1.82, 2.24) is 5.32 Å². The lowest BCUT2D eigenvalue weighted by Gasteiger charge is -2.29.